The number of sulfonamides is 1. The first kappa shape index (κ1) is 21.1. The number of anilines is 1. The molecule has 1 atom stereocenters. The Morgan fingerprint density at radius 3 is 2.24 bits per heavy atom. The number of nitrogens with one attached hydrogen (secondary N) is 2. The first-order valence-corrected chi connectivity index (χ1v) is 11.6. The minimum atomic E-state index is -3.60. The van der Waals surface area contributed by atoms with E-state index in [-0.39, 0.29) is 16.2 Å². The highest BCUT2D eigenvalue weighted by atomic mass is 32.2. The van der Waals surface area contributed by atoms with E-state index in [1.807, 2.05) is 13.8 Å². The fourth-order valence-corrected chi connectivity index (χ4v) is 5.17. The van der Waals surface area contributed by atoms with Crippen LogP contribution in [-0.2, 0) is 10.0 Å². The van der Waals surface area contributed by atoms with Gasteiger partial charge in [-0.3, -0.25) is 9.52 Å². The molecule has 7 heteroatoms. The molecule has 3 aromatic rings. The van der Waals surface area contributed by atoms with Crippen LogP contribution in [0.3, 0.4) is 0 Å². The van der Waals surface area contributed by atoms with E-state index >= 15 is 0 Å². The van der Waals surface area contributed by atoms with Crippen LogP contribution in [0.1, 0.15) is 45.6 Å². The van der Waals surface area contributed by atoms with Crippen LogP contribution in [0.4, 0.5) is 5.69 Å². The van der Waals surface area contributed by atoms with Crippen molar-refractivity contribution in [1.82, 2.24) is 5.32 Å². The van der Waals surface area contributed by atoms with Gasteiger partial charge >= 0.3 is 0 Å². The van der Waals surface area contributed by atoms with Crippen LogP contribution >= 0.6 is 11.3 Å². The fourth-order valence-electron chi connectivity index (χ4n) is 3.12. The third-order valence-corrected chi connectivity index (χ3v) is 7.63. The van der Waals surface area contributed by atoms with Gasteiger partial charge < -0.3 is 5.32 Å². The number of hydrogen-bond donors (Lipinski definition) is 2. The third kappa shape index (κ3) is 4.86. The number of carbonyl (C=O) groups is 1. The maximum Gasteiger partial charge on any atom is 0.271 e. The second kappa shape index (κ2) is 8.39. The lowest BCUT2D eigenvalue weighted by atomic mass is 9.96. The Morgan fingerprint density at radius 2 is 1.62 bits per heavy atom. The zero-order valence-corrected chi connectivity index (χ0v) is 18.4. The first-order valence-electron chi connectivity index (χ1n) is 9.22. The van der Waals surface area contributed by atoms with Crippen molar-refractivity contribution in [3.05, 3.63) is 81.7 Å². The van der Waals surface area contributed by atoms with E-state index in [9.17, 15) is 13.2 Å². The SMILES string of the molecule is Cc1cc(C)c([C@H](C)NC(=O)c2ccc(NS(=O)(=O)c3cccs3)cc2)cc1C. The Morgan fingerprint density at radius 1 is 0.966 bits per heavy atom. The number of carbonyl (C=O) groups excluding carboxylic acids is 1. The predicted octanol–water partition coefficient (Wildman–Crippen LogP) is 4.97. The van der Waals surface area contributed by atoms with E-state index in [1.165, 1.54) is 11.1 Å². The lowest BCUT2D eigenvalue weighted by molar-refractivity contribution is 0.0940. The van der Waals surface area contributed by atoms with E-state index < -0.39 is 10.0 Å². The zero-order chi connectivity index (χ0) is 21.2. The van der Waals surface area contributed by atoms with Gasteiger partial charge in [-0.15, -0.1) is 11.3 Å². The summed E-state index contributed by atoms with van der Waals surface area (Å²) in [4.78, 5) is 12.6. The molecule has 2 N–H and O–H groups in total. The van der Waals surface area contributed by atoms with Gasteiger partial charge in [0.2, 0.25) is 0 Å². The molecule has 0 fully saturated rings. The first-order chi connectivity index (χ1) is 13.7. The molecule has 0 bridgehead atoms. The van der Waals surface area contributed by atoms with Crippen LogP contribution in [0.15, 0.2) is 58.1 Å². The van der Waals surface area contributed by atoms with Gasteiger partial charge in [0.1, 0.15) is 4.21 Å². The molecule has 0 radical (unpaired) electrons. The molecular weight excluding hydrogens is 404 g/mol. The number of hydrogen-bond acceptors (Lipinski definition) is 4. The summed E-state index contributed by atoms with van der Waals surface area (Å²) >= 11 is 1.15. The molecule has 0 unspecified atom stereocenters. The molecule has 1 amide bonds. The number of aryl methyl sites for hydroxylation is 3. The normalized spacial score (nSPS) is 12.4. The molecule has 5 nitrogen and oxygen atoms in total. The number of benzene rings is 2. The van der Waals surface area contributed by atoms with Crippen molar-refractivity contribution < 1.29 is 13.2 Å². The summed E-state index contributed by atoms with van der Waals surface area (Å²) in [7, 11) is -3.60. The molecule has 152 valence electrons. The summed E-state index contributed by atoms with van der Waals surface area (Å²) < 4.78 is 27.3. The van der Waals surface area contributed by atoms with Crippen molar-refractivity contribution >= 4 is 33.0 Å². The Labute approximate surface area is 175 Å². The third-order valence-electron chi connectivity index (χ3n) is 4.86. The van der Waals surface area contributed by atoms with Gasteiger partial charge in [-0.05, 0) is 85.7 Å². The van der Waals surface area contributed by atoms with Gasteiger partial charge in [0.15, 0.2) is 0 Å². The molecule has 0 aliphatic heterocycles. The average molecular weight is 429 g/mol. The smallest absolute Gasteiger partial charge is 0.271 e. The Hall–Kier alpha value is -2.64. The van der Waals surface area contributed by atoms with Crippen LogP contribution in [0, 0.1) is 20.8 Å². The molecule has 1 heterocycles. The monoisotopic (exact) mass is 428 g/mol. The molecule has 3 rings (SSSR count). The number of amides is 1. The number of thiophene rings is 1. The summed E-state index contributed by atoms with van der Waals surface area (Å²) in [5.41, 5.74) is 5.52. The Balaban J connectivity index is 1.70. The predicted molar refractivity (Wildman–Crippen MR) is 118 cm³/mol. The molecule has 0 saturated heterocycles. The minimum Gasteiger partial charge on any atom is -0.346 e. The zero-order valence-electron chi connectivity index (χ0n) is 16.8. The van der Waals surface area contributed by atoms with E-state index in [0.717, 1.165) is 22.5 Å². The van der Waals surface area contributed by atoms with E-state index in [0.29, 0.717) is 11.3 Å². The highest BCUT2D eigenvalue weighted by Crippen LogP contribution is 2.23. The van der Waals surface area contributed by atoms with Gasteiger partial charge in [0.25, 0.3) is 15.9 Å². The van der Waals surface area contributed by atoms with Crippen molar-refractivity contribution in [2.45, 2.75) is 37.9 Å². The second-order valence-electron chi connectivity index (χ2n) is 7.10. The van der Waals surface area contributed by atoms with Crippen LogP contribution < -0.4 is 10.0 Å². The largest absolute Gasteiger partial charge is 0.346 e. The molecule has 1 aromatic heterocycles. The Bertz CT molecular complexity index is 1120. The van der Waals surface area contributed by atoms with Gasteiger partial charge in [-0.25, -0.2) is 8.42 Å². The van der Waals surface area contributed by atoms with Crippen molar-refractivity contribution in [2.75, 3.05) is 4.72 Å². The van der Waals surface area contributed by atoms with Gasteiger partial charge in [-0.2, -0.15) is 0 Å². The van der Waals surface area contributed by atoms with E-state index in [1.54, 1.807) is 41.8 Å². The minimum absolute atomic E-state index is 0.140. The van der Waals surface area contributed by atoms with Crippen LogP contribution in [0.5, 0.6) is 0 Å². The van der Waals surface area contributed by atoms with Gasteiger partial charge in [0.05, 0.1) is 6.04 Å². The summed E-state index contributed by atoms with van der Waals surface area (Å²) in [6, 6.07) is 13.7. The lowest BCUT2D eigenvalue weighted by Gasteiger charge is -2.18. The van der Waals surface area contributed by atoms with E-state index in [2.05, 4.69) is 36.0 Å². The quantitative estimate of drug-likeness (QED) is 0.582. The lowest BCUT2D eigenvalue weighted by Crippen LogP contribution is -2.27. The summed E-state index contributed by atoms with van der Waals surface area (Å²) in [5.74, 6) is -0.206. The van der Waals surface area contributed by atoms with Gasteiger partial charge in [0, 0.05) is 11.3 Å². The summed E-state index contributed by atoms with van der Waals surface area (Å²) in [6.45, 7) is 8.13. The summed E-state index contributed by atoms with van der Waals surface area (Å²) in [5, 5.41) is 4.72. The molecular formula is C22H24N2O3S2. The van der Waals surface area contributed by atoms with Gasteiger partial charge in [-0.1, -0.05) is 18.2 Å². The van der Waals surface area contributed by atoms with Crippen LogP contribution in [0.25, 0.3) is 0 Å². The van der Waals surface area contributed by atoms with E-state index in [4.69, 9.17) is 0 Å². The summed E-state index contributed by atoms with van der Waals surface area (Å²) in [6.07, 6.45) is 0. The molecule has 0 saturated carbocycles. The molecule has 0 aliphatic rings. The van der Waals surface area contributed by atoms with Crippen LogP contribution in [-0.4, -0.2) is 14.3 Å². The molecule has 29 heavy (non-hydrogen) atoms. The van der Waals surface area contributed by atoms with Crippen molar-refractivity contribution in [1.29, 1.82) is 0 Å². The topological polar surface area (TPSA) is 75.3 Å². The highest BCUT2D eigenvalue weighted by Gasteiger charge is 2.17. The average Bonchev–Trinajstić information content (AvgIpc) is 3.20. The molecule has 0 spiro atoms. The maximum absolute atomic E-state index is 12.6. The molecule has 2 aromatic carbocycles. The number of rotatable bonds is 6. The highest BCUT2D eigenvalue weighted by molar-refractivity contribution is 7.94. The van der Waals surface area contributed by atoms with Crippen molar-refractivity contribution in [3.63, 3.8) is 0 Å². The van der Waals surface area contributed by atoms with Crippen molar-refractivity contribution in [3.8, 4) is 0 Å². The fraction of sp³-hybridized carbons (Fsp3) is 0.227. The Kier molecular flexibility index (Phi) is 6.10. The van der Waals surface area contributed by atoms with Crippen molar-refractivity contribution in [2.24, 2.45) is 0 Å². The second-order valence-corrected chi connectivity index (χ2v) is 9.96. The molecule has 0 aliphatic carbocycles. The van der Waals surface area contributed by atoms with Crippen LogP contribution in [0.2, 0.25) is 0 Å². The standard InChI is InChI=1S/C22H24N2O3S2/c1-14-12-16(3)20(13-15(14)2)17(4)23-22(25)18-7-9-19(10-8-18)24-29(26,27)21-6-5-11-28-21/h5-13,17,24H,1-4H3,(H,23,25)/t17-/m0/s1. The maximum atomic E-state index is 12.6.